The molecule has 1 N–H and O–H groups in total. The zero-order valence-electron chi connectivity index (χ0n) is 13.0. The number of para-hydroxylation sites is 1. The predicted molar refractivity (Wildman–Crippen MR) is 100 cm³/mol. The van der Waals surface area contributed by atoms with E-state index in [-0.39, 0.29) is 5.56 Å². The number of benzene rings is 1. The number of hydrogen-bond donors (Lipinski definition) is 1. The van der Waals surface area contributed by atoms with Gasteiger partial charge in [0.15, 0.2) is 4.77 Å². The van der Waals surface area contributed by atoms with E-state index in [1.807, 2.05) is 29.6 Å². The SMILES string of the molecule is CCN(CCCn1c(=S)[nH]c2ccsc2c1=O)c1ccccc1. The molecule has 2 heterocycles. The molecule has 2 aromatic heterocycles. The Labute approximate surface area is 144 Å². The summed E-state index contributed by atoms with van der Waals surface area (Å²) in [5.41, 5.74) is 2.06. The fourth-order valence-electron chi connectivity index (χ4n) is 2.70. The Hall–Kier alpha value is -1.92. The maximum atomic E-state index is 12.5. The summed E-state index contributed by atoms with van der Waals surface area (Å²) < 4.78 is 2.92. The quantitative estimate of drug-likeness (QED) is 0.686. The van der Waals surface area contributed by atoms with Crippen LogP contribution in [0.1, 0.15) is 13.3 Å². The molecule has 0 saturated carbocycles. The summed E-state index contributed by atoms with van der Waals surface area (Å²) in [6.45, 7) is 4.61. The number of aromatic amines is 1. The number of fused-ring (bicyclic) bond motifs is 1. The van der Waals surface area contributed by atoms with Gasteiger partial charge in [0.25, 0.3) is 5.56 Å². The first-order chi connectivity index (χ1) is 11.2. The van der Waals surface area contributed by atoms with Crippen molar-refractivity contribution >= 4 is 39.5 Å². The predicted octanol–water partition coefficient (Wildman–Crippen LogP) is 4.04. The van der Waals surface area contributed by atoms with Crippen molar-refractivity contribution in [1.82, 2.24) is 9.55 Å². The Kier molecular flexibility index (Phi) is 4.93. The van der Waals surface area contributed by atoms with E-state index in [1.54, 1.807) is 4.57 Å². The van der Waals surface area contributed by atoms with E-state index in [1.165, 1.54) is 17.0 Å². The van der Waals surface area contributed by atoms with Gasteiger partial charge in [0.05, 0.1) is 5.52 Å². The molecule has 120 valence electrons. The van der Waals surface area contributed by atoms with Crippen LogP contribution in [0.4, 0.5) is 5.69 Å². The maximum absolute atomic E-state index is 12.5. The molecule has 6 heteroatoms. The Balaban J connectivity index is 1.74. The van der Waals surface area contributed by atoms with Gasteiger partial charge in [0.2, 0.25) is 0 Å². The molecule has 0 unspecified atom stereocenters. The summed E-state index contributed by atoms with van der Waals surface area (Å²) in [5, 5.41) is 1.91. The molecule has 0 aliphatic rings. The molecule has 0 saturated heterocycles. The Morgan fingerprint density at radius 2 is 2.04 bits per heavy atom. The summed E-state index contributed by atoms with van der Waals surface area (Å²) in [6, 6.07) is 12.2. The molecule has 0 aliphatic heterocycles. The van der Waals surface area contributed by atoms with Crippen molar-refractivity contribution in [2.75, 3.05) is 18.0 Å². The molecule has 3 rings (SSSR count). The van der Waals surface area contributed by atoms with Gasteiger partial charge in [0.1, 0.15) is 4.70 Å². The van der Waals surface area contributed by atoms with Gasteiger partial charge in [-0.1, -0.05) is 18.2 Å². The number of thiophene rings is 1. The highest BCUT2D eigenvalue weighted by molar-refractivity contribution is 7.71. The van der Waals surface area contributed by atoms with Gasteiger partial charge >= 0.3 is 0 Å². The molecule has 0 radical (unpaired) electrons. The lowest BCUT2D eigenvalue weighted by Crippen LogP contribution is -2.27. The molecule has 0 bridgehead atoms. The van der Waals surface area contributed by atoms with E-state index < -0.39 is 0 Å². The van der Waals surface area contributed by atoms with Crippen LogP contribution in [0.25, 0.3) is 10.2 Å². The third kappa shape index (κ3) is 3.38. The normalized spacial score (nSPS) is 11.0. The molecular formula is C17H19N3OS2. The first-order valence-corrected chi connectivity index (χ1v) is 9.00. The maximum Gasteiger partial charge on any atom is 0.272 e. The van der Waals surface area contributed by atoms with Crippen LogP contribution in [-0.4, -0.2) is 22.6 Å². The Morgan fingerprint density at radius 1 is 1.26 bits per heavy atom. The van der Waals surface area contributed by atoms with Crippen LogP contribution in [-0.2, 0) is 6.54 Å². The van der Waals surface area contributed by atoms with Crippen molar-refractivity contribution < 1.29 is 0 Å². The van der Waals surface area contributed by atoms with E-state index in [2.05, 4.69) is 28.9 Å². The lowest BCUT2D eigenvalue weighted by molar-refractivity contribution is 0.600. The number of aromatic nitrogens is 2. The van der Waals surface area contributed by atoms with Crippen molar-refractivity contribution in [3.63, 3.8) is 0 Å². The van der Waals surface area contributed by atoms with Gasteiger partial charge in [-0.3, -0.25) is 9.36 Å². The van der Waals surface area contributed by atoms with E-state index in [4.69, 9.17) is 12.2 Å². The highest BCUT2D eigenvalue weighted by Crippen LogP contribution is 2.15. The molecule has 23 heavy (non-hydrogen) atoms. The molecular weight excluding hydrogens is 326 g/mol. The zero-order valence-corrected chi connectivity index (χ0v) is 14.6. The van der Waals surface area contributed by atoms with Crippen LogP contribution in [0.3, 0.4) is 0 Å². The molecule has 0 atom stereocenters. The van der Waals surface area contributed by atoms with Crippen molar-refractivity contribution in [3.8, 4) is 0 Å². The van der Waals surface area contributed by atoms with Crippen LogP contribution in [0.5, 0.6) is 0 Å². The monoisotopic (exact) mass is 345 g/mol. The van der Waals surface area contributed by atoms with E-state index >= 15 is 0 Å². The molecule has 0 spiro atoms. The van der Waals surface area contributed by atoms with Crippen molar-refractivity contribution in [3.05, 3.63) is 56.9 Å². The average Bonchev–Trinajstić information content (AvgIpc) is 3.03. The highest BCUT2D eigenvalue weighted by Gasteiger charge is 2.08. The Bertz CT molecular complexity index is 895. The summed E-state index contributed by atoms with van der Waals surface area (Å²) >= 11 is 6.79. The largest absolute Gasteiger partial charge is 0.372 e. The molecule has 1 aromatic carbocycles. The van der Waals surface area contributed by atoms with Gasteiger partial charge in [0, 0.05) is 25.3 Å². The Morgan fingerprint density at radius 3 is 2.78 bits per heavy atom. The lowest BCUT2D eigenvalue weighted by Gasteiger charge is -2.23. The van der Waals surface area contributed by atoms with Crippen molar-refractivity contribution in [1.29, 1.82) is 0 Å². The van der Waals surface area contributed by atoms with Crippen LogP contribution in [0.2, 0.25) is 0 Å². The van der Waals surface area contributed by atoms with Crippen molar-refractivity contribution in [2.24, 2.45) is 0 Å². The van der Waals surface area contributed by atoms with Gasteiger partial charge < -0.3 is 9.88 Å². The summed E-state index contributed by atoms with van der Waals surface area (Å²) in [6.07, 6.45) is 0.872. The first kappa shape index (κ1) is 16.0. The average molecular weight is 345 g/mol. The van der Waals surface area contributed by atoms with Crippen LogP contribution in [0.15, 0.2) is 46.6 Å². The molecule has 4 nitrogen and oxygen atoms in total. The topological polar surface area (TPSA) is 41.0 Å². The number of rotatable bonds is 6. The van der Waals surface area contributed by atoms with E-state index in [0.29, 0.717) is 11.3 Å². The third-order valence-corrected chi connectivity index (χ3v) is 5.13. The fourth-order valence-corrected chi connectivity index (χ4v) is 3.78. The van der Waals surface area contributed by atoms with Gasteiger partial charge in [-0.25, -0.2) is 0 Å². The summed E-state index contributed by atoms with van der Waals surface area (Å²) in [4.78, 5) is 17.9. The molecule has 0 aliphatic carbocycles. The number of hydrogen-bond acceptors (Lipinski definition) is 4. The minimum absolute atomic E-state index is 0.0153. The first-order valence-electron chi connectivity index (χ1n) is 7.71. The van der Waals surface area contributed by atoms with E-state index in [9.17, 15) is 4.79 Å². The second kappa shape index (κ2) is 7.10. The van der Waals surface area contributed by atoms with Gasteiger partial charge in [-0.15, -0.1) is 11.3 Å². The smallest absolute Gasteiger partial charge is 0.272 e. The van der Waals surface area contributed by atoms with Crippen LogP contribution in [0, 0.1) is 4.77 Å². The van der Waals surface area contributed by atoms with Crippen molar-refractivity contribution in [2.45, 2.75) is 19.9 Å². The minimum Gasteiger partial charge on any atom is -0.372 e. The zero-order chi connectivity index (χ0) is 16.2. The minimum atomic E-state index is 0.0153. The number of nitrogens with zero attached hydrogens (tertiary/aromatic N) is 2. The molecule has 0 fully saturated rings. The molecule has 3 aromatic rings. The fraction of sp³-hybridized carbons (Fsp3) is 0.294. The molecule has 0 amide bonds. The summed E-state index contributed by atoms with van der Waals surface area (Å²) in [7, 11) is 0. The number of anilines is 1. The lowest BCUT2D eigenvalue weighted by atomic mass is 10.2. The van der Waals surface area contributed by atoms with Gasteiger partial charge in [-0.2, -0.15) is 0 Å². The van der Waals surface area contributed by atoms with Crippen LogP contribution >= 0.6 is 23.6 Å². The standard InChI is InChI=1S/C17H19N3OS2/c1-2-19(13-7-4-3-5-8-13)10-6-11-20-16(21)15-14(9-12-23-15)18-17(20)22/h3-5,7-9,12H,2,6,10-11H2,1H3,(H,18,22). The number of nitrogens with one attached hydrogen (secondary N) is 1. The number of H-pyrrole nitrogens is 1. The highest BCUT2D eigenvalue weighted by atomic mass is 32.1. The second-order valence-electron chi connectivity index (χ2n) is 5.32. The van der Waals surface area contributed by atoms with E-state index in [0.717, 1.165) is 29.7 Å². The third-order valence-electron chi connectivity index (χ3n) is 3.90. The summed E-state index contributed by atoms with van der Waals surface area (Å²) in [5.74, 6) is 0. The second-order valence-corrected chi connectivity index (χ2v) is 6.62. The van der Waals surface area contributed by atoms with Crippen LogP contribution < -0.4 is 10.5 Å². The van der Waals surface area contributed by atoms with Gasteiger partial charge in [-0.05, 0) is 49.1 Å².